The quantitative estimate of drug-likeness (QED) is 0.863. The van der Waals surface area contributed by atoms with Gasteiger partial charge in [0.1, 0.15) is 11.3 Å². The van der Waals surface area contributed by atoms with E-state index in [1.54, 1.807) is 35.9 Å². The van der Waals surface area contributed by atoms with Crippen LogP contribution in [0.25, 0.3) is 0 Å². The summed E-state index contributed by atoms with van der Waals surface area (Å²) < 4.78 is 7.27. The third-order valence-electron chi connectivity index (χ3n) is 3.40. The number of hydrogen-bond acceptors (Lipinski definition) is 3. The molecule has 1 aromatic carbocycles. The van der Waals surface area contributed by atoms with Gasteiger partial charge in [0, 0.05) is 17.3 Å². The molecule has 5 heteroatoms. The van der Waals surface area contributed by atoms with Gasteiger partial charge in [-0.1, -0.05) is 0 Å². The van der Waals surface area contributed by atoms with Crippen LogP contribution in [0.3, 0.4) is 0 Å². The van der Waals surface area contributed by atoms with Crippen LogP contribution in [0.4, 0.5) is 0 Å². The Bertz CT molecular complexity index is 721. The van der Waals surface area contributed by atoms with Crippen LogP contribution in [0.5, 0.6) is 5.75 Å². The average molecular weight is 302 g/mol. The van der Waals surface area contributed by atoms with Gasteiger partial charge in [0.05, 0.1) is 6.10 Å². The molecular weight excluding hydrogens is 280 g/mol. The fraction of sp³-hybridized carbons (Fsp3) is 0.412. The largest absolute Gasteiger partial charge is 0.491 e. The first-order valence-corrected chi connectivity index (χ1v) is 7.43. The van der Waals surface area contributed by atoms with Gasteiger partial charge < -0.3 is 4.74 Å². The second kappa shape index (κ2) is 6.22. The number of nitrogens with one attached hydrogen (secondary N) is 1. The molecule has 0 saturated heterocycles. The van der Waals surface area contributed by atoms with Crippen molar-refractivity contribution in [2.75, 3.05) is 0 Å². The summed E-state index contributed by atoms with van der Waals surface area (Å²) in [6.45, 7) is 9.57. The van der Waals surface area contributed by atoms with Gasteiger partial charge in [-0.25, -0.2) is 0 Å². The summed E-state index contributed by atoms with van der Waals surface area (Å²) in [7, 11) is 0. The van der Waals surface area contributed by atoms with Crippen LogP contribution in [0.15, 0.2) is 29.1 Å². The number of aromatic nitrogens is 2. The van der Waals surface area contributed by atoms with Crippen LogP contribution in [0.1, 0.15) is 55.4 Å². The summed E-state index contributed by atoms with van der Waals surface area (Å²) in [4.78, 5) is 24.7. The van der Waals surface area contributed by atoms with Crippen LogP contribution >= 0.6 is 0 Å². The zero-order chi connectivity index (χ0) is 16.4. The Morgan fingerprint density at radius 2 is 1.73 bits per heavy atom. The zero-order valence-corrected chi connectivity index (χ0v) is 13.6. The minimum Gasteiger partial charge on any atom is -0.491 e. The molecule has 2 aromatic rings. The number of nitrogens with zero attached hydrogens (tertiary/aromatic N) is 1. The molecule has 22 heavy (non-hydrogen) atoms. The lowest BCUT2D eigenvalue weighted by Gasteiger charge is -2.10. The highest BCUT2D eigenvalue weighted by Crippen LogP contribution is 2.18. The number of H-pyrrole nitrogens is 1. The predicted octanol–water partition coefficient (Wildman–Crippen LogP) is 3.08. The van der Waals surface area contributed by atoms with Gasteiger partial charge in [0.15, 0.2) is 5.78 Å². The van der Waals surface area contributed by atoms with Crippen LogP contribution in [0.2, 0.25) is 0 Å². The zero-order valence-electron chi connectivity index (χ0n) is 13.6. The number of aromatic amines is 1. The number of benzene rings is 1. The van der Waals surface area contributed by atoms with Crippen molar-refractivity contribution in [2.24, 2.45) is 0 Å². The van der Waals surface area contributed by atoms with Crippen LogP contribution in [0, 0.1) is 6.92 Å². The average Bonchev–Trinajstić information content (AvgIpc) is 2.73. The highest BCUT2D eigenvalue weighted by molar-refractivity contribution is 6.09. The Balaban J connectivity index is 2.34. The topological polar surface area (TPSA) is 64.1 Å². The fourth-order valence-corrected chi connectivity index (χ4v) is 2.42. The van der Waals surface area contributed by atoms with Gasteiger partial charge in [0.25, 0.3) is 5.56 Å². The second-order valence-corrected chi connectivity index (χ2v) is 5.89. The molecule has 0 aliphatic heterocycles. The van der Waals surface area contributed by atoms with Crippen molar-refractivity contribution in [1.82, 2.24) is 9.78 Å². The number of ketones is 1. The maximum Gasteiger partial charge on any atom is 0.275 e. The first kappa shape index (κ1) is 16.1. The highest BCUT2D eigenvalue weighted by atomic mass is 16.5. The lowest BCUT2D eigenvalue weighted by molar-refractivity contribution is 0.103. The molecule has 2 rings (SSSR count). The standard InChI is InChI=1S/C17H22N2O3/c1-10(2)19-12(5)15(17(21)18-19)16(20)13-6-8-14(9-7-13)22-11(3)4/h6-11H,1-5H3,(H,18,21). The van der Waals surface area contributed by atoms with E-state index in [1.165, 1.54) is 0 Å². The van der Waals surface area contributed by atoms with E-state index in [2.05, 4.69) is 5.10 Å². The molecule has 0 bridgehead atoms. The smallest absolute Gasteiger partial charge is 0.275 e. The van der Waals surface area contributed by atoms with Crippen molar-refractivity contribution in [2.45, 2.75) is 46.8 Å². The van der Waals surface area contributed by atoms with E-state index in [0.717, 1.165) is 0 Å². The summed E-state index contributed by atoms with van der Waals surface area (Å²) >= 11 is 0. The molecule has 0 fully saturated rings. The van der Waals surface area contributed by atoms with Gasteiger partial charge >= 0.3 is 0 Å². The van der Waals surface area contributed by atoms with Crippen LogP contribution in [-0.2, 0) is 0 Å². The molecule has 0 spiro atoms. The van der Waals surface area contributed by atoms with E-state index in [1.807, 2.05) is 27.7 Å². The number of ether oxygens (including phenoxy) is 1. The fourth-order valence-electron chi connectivity index (χ4n) is 2.42. The maximum absolute atomic E-state index is 12.6. The summed E-state index contributed by atoms with van der Waals surface area (Å²) in [5.41, 5.74) is 0.989. The van der Waals surface area contributed by atoms with E-state index in [4.69, 9.17) is 4.74 Å². The van der Waals surface area contributed by atoms with E-state index in [0.29, 0.717) is 17.0 Å². The molecular formula is C17H22N2O3. The summed E-state index contributed by atoms with van der Waals surface area (Å²) in [6, 6.07) is 6.96. The number of carbonyl (C=O) groups excluding carboxylic acids is 1. The molecule has 0 amide bonds. The van der Waals surface area contributed by atoms with Gasteiger partial charge in [-0.2, -0.15) is 0 Å². The molecule has 0 aliphatic rings. The van der Waals surface area contributed by atoms with E-state index in [9.17, 15) is 9.59 Å². The lowest BCUT2D eigenvalue weighted by atomic mass is 10.0. The minimum absolute atomic E-state index is 0.0757. The molecule has 1 N–H and O–H groups in total. The van der Waals surface area contributed by atoms with Crippen LogP contribution in [-0.4, -0.2) is 21.7 Å². The molecule has 0 unspecified atom stereocenters. The highest BCUT2D eigenvalue weighted by Gasteiger charge is 2.21. The monoisotopic (exact) mass is 302 g/mol. The van der Waals surface area contributed by atoms with Gasteiger partial charge in [-0.05, 0) is 58.9 Å². The summed E-state index contributed by atoms with van der Waals surface area (Å²) in [6.07, 6.45) is 0.0757. The van der Waals surface area contributed by atoms with Crippen molar-refractivity contribution >= 4 is 5.78 Å². The molecule has 118 valence electrons. The lowest BCUT2D eigenvalue weighted by Crippen LogP contribution is -2.14. The molecule has 0 atom stereocenters. The van der Waals surface area contributed by atoms with Gasteiger partial charge in [-0.3, -0.25) is 19.4 Å². The van der Waals surface area contributed by atoms with Crippen molar-refractivity contribution in [3.05, 3.63) is 51.4 Å². The second-order valence-electron chi connectivity index (χ2n) is 5.89. The Labute approximate surface area is 129 Å². The molecule has 5 nitrogen and oxygen atoms in total. The summed E-state index contributed by atoms with van der Waals surface area (Å²) in [5.74, 6) is 0.436. The SMILES string of the molecule is Cc1c(C(=O)c2ccc(OC(C)C)cc2)c(=O)[nH]n1C(C)C. The van der Waals surface area contributed by atoms with E-state index < -0.39 is 0 Å². The third kappa shape index (κ3) is 3.13. The van der Waals surface area contributed by atoms with E-state index in [-0.39, 0.29) is 29.1 Å². The van der Waals surface area contributed by atoms with Crippen molar-refractivity contribution < 1.29 is 9.53 Å². The summed E-state index contributed by atoms with van der Waals surface area (Å²) in [5, 5.41) is 2.72. The number of hydrogen-bond donors (Lipinski definition) is 1. The van der Waals surface area contributed by atoms with Crippen LogP contribution < -0.4 is 10.3 Å². The minimum atomic E-state index is -0.348. The molecule has 1 heterocycles. The number of rotatable bonds is 5. The Kier molecular flexibility index (Phi) is 4.54. The number of carbonyl (C=O) groups is 1. The predicted molar refractivity (Wildman–Crippen MR) is 85.8 cm³/mol. The van der Waals surface area contributed by atoms with Gasteiger partial charge in [-0.15, -0.1) is 0 Å². The molecule has 1 aromatic heterocycles. The Hall–Kier alpha value is -2.30. The maximum atomic E-state index is 12.6. The van der Waals surface area contributed by atoms with E-state index >= 15 is 0 Å². The Morgan fingerprint density at radius 1 is 1.14 bits per heavy atom. The normalized spacial score (nSPS) is 11.2. The molecule has 0 saturated carbocycles. The third-order valence-corrected chi connectivity index (χ3v) is 3.40. The van der Waals surface area contributed by atoms with Crippen molar-refractivity contribution in [3.63, 3.8) is 0 Å². The van der Waals surface area contributed by atoms with Crippen molar-refractivity contribution in [1.29, 1.82) is 0 Å². The first-order chi connectivity index (χ1) is 10.3. The first-order valence-electron chi connectivity index (χ1n) is 7.43. The molecule has 0 aliphatic carbocycles. The molecule has 0 radical (unpaired) electrons. The Morgan fingerprint density at radius 3 is 2.18 bits per heavy atom. The van der Waals surface area contributed by atoms with Crippen molar-refractivity contribution in [3.8, 4) is 5.75 Å². The van der Waals surface area contributed by atoms with Gasteiger partial charge in [0.2, 0.25) is 0 Å².